The molecule has 1 atom stereocenters. The molecule has 1 unspecified atom stereocenters. The molecule has 0 amide bonds. The minimum Gasteiger partial charge on any atom is -0.358 e. The van der Waals surface area contributed by atoms with Crippen molar-refractivity contribution in [3.05, 3.63) is 174 Å². The third kappa shape index (κ3) is 5.09. The van der Waals surface area contributed by atoms with Crippen LogP contribution in [0.25, 0.3) is 5.69 Å². The smallest absolute Gasteiger partial charge is 0.358 e. The zero-order valence-electron chi connectivity index (χ0n) is 26.4. The van der Waals surface area contributed by atoms with E-state index in [0.717, 1.165) is 40.9 Å². The molecule has 1 aliphatic heterocycles. The van der Waals surface area contributed by atoms with Crippen molar-refractivity contribution in [2.45, 2.75) is 32.1 Å². The summed E-state index contributed by atoms with van der Waals surface area (Å²) >= 11 is 0. The number of allylic oxidation sites excluding steroid dienone is 4. The number of benzene rings is 4. The number of anilines is 3. The molecule has 4 nitrogen and oxygen atoms in total. The molecule has 1 aliphatic carbocycles. The van der Waals surface area contributed by atoms with Gasteiger partial charge in [0.2, 0.25) is 0 Å². The van der Waals surface area contributed by atoms with Gasteiger partial charge < -0.3 is 4.90 Å². The third-order valence-electron chi connectivity index (χ3n) is 9.48. The Morgan fingerprint density at radius 2 is 1.55 bits per heavy atom. The standard InChI is InChI=1S/C41H34N4Si.Pt/c1-41(2)36-21-9-10-22-38(36)45(39-30-31(24-25-37(39)41)44-28-14-27-43-44)32-15-13-20-35(29-32)46(33-16-5-3-6-17-33,34-18-7-4-8-19-34)40-23-11-12-26-42-40;/h3,5-7,9-28H,4,8H2,1-2H3;/q-2;+2. The third-order valence-corrected chi connectivity index (χ3v) is 14.1. The number of rotatable bonds is 6. The molecule has 3 heterocycles. The van der Waals surface area contributed by atoms with Gasteiger partial charge >= 0.3 is 21.1 Å². The Kier molecular flexibility index (Phi) is 8.29. The quantitative estimate of drug-likeness (QED) is 0.131. The molecule has 4 aromatic carbocycles. The fraction of sp³-hybridized carbons (Fsp3) is 0.122. The van der Waals surface area contributed by atoms with Crippen LogP contribution in [0, 0.1) is 12.1 Å². The van der Waals surface area contributed by atoms with Crippen molar-refractivity contribution in [2.24, 2.45) is 0 Å². The van der Waals surface area contributed by atoms with E-state index in [1.165, 1.54) is 26.7 Å². The van der Waals surface area contributed by atoms with Crippen LogP contribution < -0.4 is 20.6 Å². The number of hydrogen-bond acceptors (Lipinski definition) is 3. The van der Waals surface area contributed by atoms with E-state index in [1.807, 2.05) is 29.2 Å². The molecular formula is C41H34N4PtSi. The molecule has 47 heavy (non-hydrogen) atoms. The van der Waals surface area contributed by atoms with Crippen LogP contribution in [-0.4, -0.2) is 22.8 Å². The van der Waals surface area contributed by atoms with Crippen LogP contribution in [0.15, 0.2) is 151 Å². The first kappa shape index (κ1) is 31.0. The maximum atomic E-state index is 5.09. The molecule has 0 radical (unpaired) electrons. The van der Waals surface area contributed by atoms with Crippen molar-refractivity contribution < 1.29 is 21.1 Å². The fourth-order valence-corrected chi connectivity index (χ4v) is 11.9. The summed E-state index contributed by atoms with van der Waals surface area (Å²) in [6.45, 7) is 4.61. The summed E-state index contributed by atoms with van der Waals surface area (Å²) in [6, 6.07) is 46.8. The first-order valence-corrected chi connectivity index (χ1v) is 17.9. The van der Waals surface area contributed by atoms with E-state index in [1.54, 1.807) is 6.20 Å². The predicted octanol–water partition coefficient (Wildman–Crippen LogP) is 7.26. The van der Waals surface area contributed by atoms with Crippen LogP contribution in [0.5, 0.6) is 0 Å². The van der Waals surface area contributed by atoms with Gasteiger partial charge in [-0.25, -0.2) is 0 Å². The van der Waals surface area contributed by atoms with Gasteiger partial charge in [-0.2, -0.15) is 34.6 Å². The molecule has 6 aromatic rings. The normalized spacial score (nSPS) is 15.9. The van der Waals surface area contributed by atoms with Gasteiger partial charge in [-0.05, 0) is 64.2 Å². The Morgan fingerprint density at radius 1 is 0.723 bits per heavy atom. The van der Waals surface area contributed by atoms with Crippen molar-refractivity contribution in [3.8, 4) is 5.69 Å². The second-order valence-corrected chi connectivity index (χ2v) is 16.2. The van der Waals surface area contributed by atoms with Gasteiger partial charge in [0.25, 0.3) is 0 Å². The summed E-state index contributed by atoms with van der Waals surface area (Å²) in [7, 11) is -2.83. The second kappa shape index (κ2) is 12.6. The molecule has 0 N–H and O–H groups in total. The average molecular weight is 806 g/mol. The molecular weight excluding hydrogens is 772 g/mol. The molecule has 2 aliphatic rings. The second-order valence-electron chi connectivity index (χ2n) is 12.5. The number of fused-ring (bicyclic) bond motifs is 2. The van der Waals surface area contributed by atoms with Crippen LogP contribution >= 0.6 is 0 Å². The van der Waals surface area contributed by atoms with E-state index in [9.17, 15) is 0 Å². The Labute approximate surface area is 292 Å². The van der Waals surface area contributed by atoms with Crippen LogP contribution in [0.3, 0.4) is 0 Å². The first-order valence-electron chi connectivity index (χ1n) is 15.9. The van der Waals surface area contributed by atoms with Crippen LogP contribution in [0.1, 0.15) is 37.8 Å². The minimum absolute atomic E-state index is 0. The largest absolute Gasteiger partial charge is 2.00 e. The predicted molar refractivity (Wildman–Crippen MR) is 190 cm³/mol. The van der Waals surface area contributed by atoms with Gasteiger partial charge in [0.05, 0.1) is 0 Å². The number of aromatic nitrogens is 3. The molecule has 0 saturated carbocycles. The summed E-state index contributed by atoms with van der Waals surface area (Å²) in [6.07, 6.45) is 14.9. The van der Waals surface area contributed by atoms with Gasteiger partial charge in [-0.3, -0.25) is 9.67 Å². The van der Waals surface area contributed by atoms with Gasteiger partial charge in [0.15, 0.2) is 8.07 Å². The van der Waals surface area contributed by atoms with E-state index in [4.69, 9.17) is 4.98 Å². The number of pyridine rings is 1. The van der Waals surface area contributed by atoms with Crippen molar-refractivity contribution in [3.63, 3.8) is 0 Å². The summed E-state index contributed by atoms with van der Waals surface area (Å²) < 4.78 is 1.88. The zero-order valence-corrected chi connectivity index (χ0v) is 29.6. The number of nitrogens with zero attached hydrogens (tertiary/aromatic N) is 4. The number of hydrogen-bond donors (Lipinski definition) is 0. The molecule has 8 rings (SSSR count). The first-order chi connectivity index (χ1) is 22.6. The van der Waals surface area contributed by atoms with Crippen molar-refractivity contribution >= 4 is 40.8 Å². The zero-order chi connectivity index (χ0) is 31.1. The molecule has 232 valence electrons. The minimum atomic E-state index is -2.83. The van der Waals surface area contributed by atoms with E-state index in [2.05, 4.69) is 151 Å². The summed E-state index contributed by atoms with van der Waals surface area (Å²) in [4.78, 5) is 7.44. The Balaban J connectivity index is 0.00000351. The summed E-state index contributed by atoms with van der Waals surface area (Å²) in [5.41, 5.74) is 6.33. The summed E-state index contributed by atoms with van der Waals surface area (Å²) in [5.74, 6) is 0. The molecule has 0 bridgehead atoms. The Hall–Kier alpha value is -4.57. The SMILES string of the molecule is CC1(C)c2ccc(-n3cccn3)[c-]c2N(c2[c-]c([Si](C3=CCCC=C3)(c3ccccc3)c3ccccn3)ccc2)c2ccccc21.[Pt+2]. The van der Waals surface area contributed by atoms with Crippen molar-refractivity contribution in [1.82, 2.24) is 14.8 Å². The topological polar surface area (TPSA) is 34.0 Å². The Morgan fingerprint density at radius 3 is 2.32 bits per heavy atom. The molecule has 0 fully saturated rings. The Bertz CT molecular complexity index is 2050. The van der Waals surface area contributed by atoms with E-state index in [0.29, 0.717) is 0 Å². The van der Waals surface area contributed by atoms with E-state index < -0.39 is 8.07 Å². The van der Waals surface area contributed by atoms with Crippen molar-refractivity contribution in [2.75, 3.05) is 4.90 Å². The van der Waals surface area contributed by atoms with Gasteiger partial charge in [0.1, 0.15) is 0 Å². The van der Waals surface area contributed by atoms with Crippen LogP contribution in [0.2, 0.25) is 0 Å². The maximum absolute atomic E-state index is 5.09. The van der Waals surface area contributed by atoms with Crippen LogP contribution in [-0.2, 0) is 26.5 Å². The molecule has 0 spiro atoms. The van der Waals surface area contributed by atoms with Crippen LogP contribution in [0.4, 0.5) is 17.1 Å². The average Bonchev–Trinajstić information content (AvgIpc) is 3.66. The fourth-order valence-electron chi connectivity index (χ4n) is 7.29. The van der Waals surface area contributed by atoms with E-state index in [-0.39, 0.29) is 26.5 Å². The number of para-hydroxylation sites is 1. The molecule has 2 aromatic heterocycles. The molecule has 0 saturated heterocycles. The van der Waals surface area contributed by atoms with Gasteiger partial charge in [-0.15, -0.1) is 23.8 Å². The summed E-state index contributed by atoms with van der Waals surface area (Å²) in [5, 5.41) is 9.47. The monoisotopic (exact) mass is 805 g/mol. The van der Waals surface area contributed by atoms with E-state index >= 15 is 0 Å². The van der Waals surface area contributed by atoms with Crippen molar-refractivity contribution in [1.29, 1.82) is 0 Å². The maximum Gasteiger partial charge on any atom is 2.00 e. The van der Waals surface area contributed by atoms with Gasteiger partial charge in [0, 0.05) is 29.6 Å². The van der Waals surface area contributed by atoms with Gasteiger partial charge in [-0.1, -0.05) is 98.0 Å². The molecule has 6 heteroatoms.